The molecule has 2 heterocycles. The minimum Gasteiger partial charge on any atom is -0.495 e. The number of hydrogen-bond acceptors (Lipinski definition) is 5. The third-order valence-electron chi connectivity index (χ3n) is 5.92. The van der Waals surface area contributed by atoms with Gasteiger partial charge in [-0.15, -0.1) is 5.10 Å². The number of methoxy groups -OCH3 is 1. The van der Waals surface area contributed by atoms with Gasteiger partial charge in [0.05, 0.1) is 45.0 Å². The van der Waals surface area contributed by atoms with Gasteiger partial charge in [-0.05, 0) is 43.3 Å². The molecule has 0 unspecified atom stereocenters. The molecule has 3 aromatic rings. The minimum atomic E-state index is 0.114. The van der Waals surface area contributed by atoms with E-state index >= 15 is 0 Å². The second-order valence-corrected chi connectivity index (χ2v) is 8.24. The van der Waals surface area contributed by atoms with E-state index in [4.69, 9.17) is 4.74 Å². The number of aryl methyl sites for hydroxylation is 1. The van der Waals surface area contributed by atoms with Crippen LogP contribution in [0.4, 0.5) is 5.69 Å². The molecule has 0 saturated carbocycles. The van der Waals surface area contributed by atoms with E-state index in [-0.39, 0.29) is 12.1 Å². The van der Waals surface area contributed by atoms with Crippen molar-refractivity contribution in [2.45, 2.75) is 32.9 Å². The fourth-order valence-electron chi connectivity index (χ4n) is 4.30. The molecule has 4 rings (SSSR count). The van der Waals surface area contributed by atoms with Crippen LogP contribution in [0.25, 0.3) is 0 Å². The topological polar surface area (TPSA) is 60.5 Å². The monoisotopic (exact) mass is 407 g/mol. The van der Waals surface area contributed by atoms with E-state index in [2.05, 4.69) is 77.6 Å². The molecule has 1 N–H and O–H groups in total. The molecule has 7 nitrogen and oxygen atoms in total. The number of tetrazole rings is 1. The summed E-state index contributed by atoms with van der Waals surface area (Å²) in [7, 11) is 1.74. The Labute approximate surface area is 178 Å². The molecule has 1 saturated heterocycles. The summed E-state index contributed by atoms with van der Waals surface area (Å²) < 4.78 is 7.54. The Morgan fingerprint density at radius 3 is 2.37 bits per heavy atom. The molecule has 1 aliphatic heterocycles. The fourth-order valence-corrected chi connectivity index (χ4v) is 4.30. The van der Waals surface area contributed by atoms with Crippen molar-refractivity contribution in [3.8, 4) is 5.75 Å². The predicted octanol–water partition coefficient (Wildman–Crippen LogP) is 2.07. The van der Waals surface area contributed by atoms with Crippen molar-refractivity contribution in [1.82, 2.24) is 20.2 Å². The summed E-state index contributed by atoms with van der Waals surface area (Å²) in [5.41, 5.74) is 3.69. The zero-order chi connectivity index (χ0) is 21.1. The summed E-state index contributed by atoms with van der Waals surface area (Å²) in [6.07, 6.45) is 0. The number of hydrogen-bond donors (Lipinski definition) is 1. The van der Waals surface area contributed by atoms with Gasteiger partial charge in [0, 0.05) is 5.56 Å². The van der Waals surface area contributed by atoms with E-state index < -0.39 is 0 Å². The summed E-state index contributed by atoms with van der Waals surface area (Å²) in [5.74, 6) is 1.87. The van der Waals surface area contributed by atoms with Crippen LogP contribution in [0.15, 0.2) is 48.5 Å². The van der Waals surface area contributed by atoms with Crippen molar-refractivity contribution in [2.24, 2.45) is 0 Å². The van der Waals surface area contributed by atoms with Crippen molar-refractivity contribution in [1.29, 1.82) is 0 Å². The number of rotatable bonds is 6. The van der Waals surface area contributed by atoms with Gasteiger partial charge in [-0.2, -0.15) is 0 Å². The molecule has 1 aromatic heterocycles. The van der Waals surface area contributed by atoms with Gasteiger partial charge >= 0.3 is 0 Å². The van der Waals surface area contributed by atoms with Gasteiger partial charge in [0.1, 0.15) is 5.75 Å². The molecule has 1 fully saturated rings. The maximum atomic E-state index is 5.58. The number of ether oxygens (including phenoxy) is 1. The van der Waals surface area contributed by atoms with Crippen molar-refractivity contribution in [2.75, 3.05) is 38.2 Å². The fraction of sp³-hybridized carbons (Fsp3) is 0.435. The Morgan fingerprint density at radius 2 is 1.70 bits per heavy atom. The van der Waals surface area contributed by atoms with Crippen molar-refractivity contribution in [3.63, 3.8) is 0 Å². The average molecular weight is 408 g/mol. The Morgan fingerprint density at radius 1 is 1.00 bits per heavy atom. The van der Waals surface area contributed by atoms with E-state index in [0.29, 0.717) is 0 Å². The lowest BCUT2D eigenvalue weighted by molar-refractivity contribution is -0.927. The highest BCUT2D eigenvalue weighted by Gasteiger charge is 2.35. The van der Waals surface area contributed by atoms with Crippen LogP contribution in [0.5, 0.6) is 5.75 Å². The van der Waals surface area contributed by atoms with Gasteiger partial charge in [-0.25, -0.2) is 4.68 Å². The highest BCUT2D eigenvalue weighted by molar-refractivity contribution is 5.58. The number of nitrogens with zero attached hydrogens (tertiary/aromatic N) is 5. The molecule has 30 heavy (non-hydrogen) atoms. The van der Waals surface area contributed by atoms with Crippen LogP contribution in [0.2, 0.25) is 0 Å². The third kappa shape index (κ3) is 4.03. The first kappa shape index (κ1) is 20.3. The Balaban J connectivity index is 1.61. The number of benzene rings is 2. The number of nitrogens with one attached hydrogen (secondary N) is 1. The smallest absolute Gasteiger partial charge is 0.214 e. The maximum Gasteiger partial charge on any atom is 0.214 e. The van der Waals surface area contributed by atoms with E-state index in [1.54, 1.807) is 7.11 Å². The molecule has 158 valence electrons. The SMILES string of the molecule is COc1ccccc1N1CC[NH+]([C@@H](c2ccc(C)cc2)c2nnnn2C(C)C)CC1. The number of piperazine rings is 1. The highest BCUT2D eigenvalue weighted by Crippen LogP contribution is 2.28. The van der Waals surface area contributed by atoms with Crippen LogP contribution >= 0.6 is 0 Å². The molecule has 0 aliphatic carbocycles. The summed E-state index contributed by atoms with van der Waals surface area (Å²) in [6.45, 7) is 10.3. The largest absolute Gasteiger partial charge is 0.495 e. The van der Waals surface area contributed by atoms with Crippen molar-refractivity contribution < 1.29 is 9.64 Å². The van der Waals surface area contributed by atoms with Gasteiger partial charge in [0.2, 0.25) is 5.82 Å². The molecule has 2 aromatic carbocycles. The zero-order valence-corrected chi connectivity index (χ0v) is 18.2. The van der Waals surface area contributed by atoms with Gasteiger partial charge in [-0.3, -0.25) is 0 Å². The summed E-state index contributed by atoms with van der Waals surface area (Å²) in [5, 5.41) is 12.7. The van der Waals surface area contributed by atoms with Gasteiger partial charge in [0.25, 0.3) is 0 Å². The van der Waals surface area contributed by atoms with Crippen LogP contribution in [0.3, 0.4) is 0 Å². The maximum absolute atomic E-state index is 5.58. The first-order valence-corrected chi connectivity index (χ1v) is 10.7. The van der Waals surface area contributed by atoms with Crippen LogP contribution < -0.4 is 14.5 Å². The zero-order valence-electron chi connectivity index (χ0n) is 18.2. The quantitative estimate of drug-likeness (QED) is 0.678. The first-order valence-electron chi connectivity index (χ1n) is 10.7. The van der Waals surface area contributed by atoms with E-state index in [0.717, 1.165) is 43.4 Å². The van der Waals surface area contributed by atoms with Crippen LogP contribution in [-0.2, 0) is 0 Å². The Bertz CT molecular complexity index is 960. The van der Waals surface area contributed by atoms with Crippen LogP contribution in [-0.4, -0.2) is 53.5 Å². The minimum absolute atomic E-state index is 0.114. The number of anilines is 1. The van der Waals surface area contributed by atoms with Crippen LogP contribution in [0, 0.1) is 6.92 Å². The van der Waals surface area contributed by atoms with Gasteiger partial charge in [-0.1, -0.05) is 42.0 Å². The van der Waals surface area contributed by atoms with Gasteiger partial charge < -0.3 is 14.5 Å². The predicted molar refractivity (Wildman–Crippen MR) is 117 cm³/mol. The molecule has 0 bridgehead atoms. The third-order valence-corrected chi connectivity index (χ3v) is 5.92. The molecule has 0 spiro atoms. The molecular formula is C23H31N6O+. The lowest BCUT2D eigenvalue weighted by atomic mass is 10.0. The first-order chi connectivity index (χ1) is 14.6. The summed E-state index contributed by atoms with van der Waals surface area (Å²) in [6, 6.07) is 17.4. The number of para-hydroxylation sites is 2. The molecule has 7 heteroatoms. The summed E-state index contributed by atoms with van der Waals surface area (Å²) in [4.78, 5) is 3.90. The van der Waals surface area contributed by atoms with Crippen molar-refractivity contribution >= 4 is 5.69 Å². The van der Waals surface area contributed by atoms with Crippen molar-refractivity contribution in [3.05, 3.63) is 65.5 Å². The van der Waals surface area contributed by atoms with E-state index in [1.165, 1.54) is 16.0 Å². The normalized spacial score (nSPS) is 16.1. The average Bonchev–Trinajstić information content (AvgIpc) is 3.25. The molecule has 1 aliphatic rings. The van der Waals surface area contributed by atoms with Gasteiger partial charge in [0.15, 0.2) is 6.04 Å². The lowest BCUT2D eigenvalue weighted by Gasteiger charge is -2.37. The Kier molecular flexibility index (Phi) is 5.99. The molecule has 0 amide bonds. The number of quaternary nitrogens is 1. The Hall–Kier alpha value is -2.93. The molecule has 1 atom stereocenters. The molecular weight excluding hydrogens is 376 g/mol. The van der Waals surface area contributed by atoms with E-state index in [1.807, 2.05) is 16.8 Å². The second-order valence-electron chi connectivity index (χ2n) is 8.24. The molecule has 0 radical (unpaired) electrons. The standard InChI is InChI=1S/C23H30N6O/c1-17(2)29-23(24-25-26-29)22(19-11-9-18(3)10-12-19)28-15-13-27(14-16-28)20-7-5-6-8-21(20)30-4/h5-12,17,22H,13-16H2,1-4H3/p+1/t22-/m0/s1. The van der Waals surface area contributed by atoms with E-state index in [9.17, 15) is 0 Å². The van der Waals surface area contributed by atoms with Crippen LogP contribution in [0.1, 0.15) is 42.9 Å². The second kappa shape index (κ2) is 8.83. The lowest BCUT2D eigenvalue weighted by Crippen LogP contribution is -3.15. The highest BCUT2D eigenvalue weighted by atomic mass is 16.5. The summed E-state index contributed by atoms with van der Waals surface area (Å²) >= 11 is 0. The number of aromatic nitrogens is 4.